The van der Waals surface area contributed by atoms with Gasteiger partial charge in [-0.05, 0) is 32.0 Å². The summed E-state index contributed by atoms with van der Waals surface area (Å²) in [5, 5.41) is 31.2. The summed E-state index contributed by atoms with van der Waals surface area (Å²) in [6, 6.07) is 19.7. The molecule has 0 saturated heterocycles. The molecule has 0 unspecified atom stereocenters. The van der Waals surface area contributed by atoms with E-state index in [0.717, 1.165) is 11.1 Å². The standard InChI is InChI=1S/C16H14N10/c1-3-7-13(8-4-1)11-25-15(19-21-23-25)17-18-16-20-22-24-26(16)12-14-9-5-2-6-10-14/h1-10H,11-12H2. The number of rotatable bonds is 6. The monoisotopic (exact) mass is 346 g/mol. The Balaban J connectivity index is 1.51. The normalized spacial score (nSPS) is 11.2. The Kier molecular flexibility index (Phi) is 4.46. The van der Waals surface area contributed by atoms with Gasteiger partial charge in [-0.1, -0.05) is 70.9 Å². The Morgan fingerprint density at radius 3 is 1.46 bits per heavy atom. The molecule has 0 atom stereocenters. The third-order valence-corrected chi connectivity index (χ3v) is 3.61. The van der Waals surface area contributed by atoms with E-state index >= 15 is 0 Å². The second kappa shape index (κ2) is 7.38. The molecule has 0 saturated carbocycles. The van der Waals surface area contributed by atoms with E-state index in [2.05, 4.69) is 41.3 Å². The Morgan fingerprint density at radius 2 is 1.04 bits per heavy atom. The van der Waals surface area contributed by atoms with Crippen LogP contribution in [0.5, 0.6) is 0 Å². The van der Waals surface area contributed by atoms with E-state index < -0.39 is 0 Å². The number of hydrogen-bond donors (Lipinski definition) is 0. The van der Waals surface area contributed by atoms with Crippen LogP contribution in [0.1, 0.15) is 11.1 Å². The zero-order chi connectivity index (χ0) is 17.6. The fourth-order valence-corrected chi connectivity index (χ4v) is 2.35. The third-order valence-electron chi connectivity index (χ3n) is 3.61. The van der Waals surface area contributed by atoms with E-state index in [-0.39, 0.29) is 11.9 Å². The van der Waals surface area contributed by atoms with Gasteiger partial charge in [0, 0.05) is 0 Å². The molecule has 0 bridgehead atoms. The van der Waals surface area contributed by atoms with Gasteiger partial charge in [-0.25, -0.2) is 9.36 Å². The maximum Gasteiger partial charge on any atom is 0.288 e. The molecule has 4 aromatic rings. The summed E-state index contributed by atoms with van der Waals surface area (Å²) in [6.07, 6.45) is 0. The van der Waals surface area contributed by atoms with E-state index in [0.29, 0.717) is 13.1 Å². The lowest BCUT2D eigenvalue weighted by atomic mass is 10.2. The lowest BCUT2D eigenvalue weighted by molar-refractivity contribution is 0.641. The maximum atomic E-state index is 4.10. The van der Waals surface area contributed by atoms with Crippen molar-refractivity contribution in [3.8, 4) is 0 Å². The average Bonchev–Trinajstić information content (AvgIpc) is 3.31. The van der Waals surface area contributed by atoms with E-state index in [1.807, 2.05) is 60.7 Å². The van der Waals surface area contributed by atoms with Crippen molar-refractivity contribution >= 4 is 11.9 Å². The molecule has 0 aliphatic rings. The molecule has 0 N–H and O–H groups in total. The zero-order valence-electron chi connectivity index (χ0n) is 13.7. The van der Waals surface area contributed by atoms with Gasteiger partial charge in [0.25, 0.3) is 11.9 Å². The van der Waals surface area contributed by atoms with Crippen LogP contribution in [0, 0.1) is 0 Å². The largest absolute Gasteiger partial charge is 0.288 e. The number of nitrogens with zero attached hydrogens (tertiary/aromatic N) is 10. The molecule has 10 nitrogen and oxygen atoms in total. The van der Waals surface area contributed by atoms with Crippen molar-refractivity contribution in [3.05, 3.63) is 71.8 Å². The summed E-state index contributed by atoms with van der Waals surface area (Å²) < 4.78 is 3.12. The lowest BCUT2D eigenvalue weighted by Gasteiger charge is -2.01. The van der Waals surface area contributed by atoms with Crippen molar-refractivity contribution in [1.82, 2.24) is 40.4 Å². The molecular weight excluding hydrogens is 332 g/mol. The Labute approximate surface area is 148 Å². The van der Waals surface area contributed by atoms with Crippen molar-refractivity contribution in [1.29, 1.82) is 0 Å². The average molecular weight is 346 g/mol. The first-order valence-corrected chi connectivity index (χ1v) is 7.90. The highest BCUT2D eigenvalue weighted by Gasteiger charge is 2.09. The van der Waals surface area contributed by atoms with Crippen LogP contribution in [0.3, 0.4) is 0 Å². The Bertz CT molecular complexity index is 908. The van der Waals surface area contributed by atoms with E-state index in [1.165, 1.54) is 0 Å². The summed E-state index contributed by atoms with van der Waals surface area (Å²) in [5.74, 6) is 0.561. The fraction of sp³-hybridized carbons (Fsp3) is 0.125. The smallest absolute Gasteiger partial charge is 0.204 e. The zero-order valence-corrected chi connectivity index (χ0v) is 13.7. The first-order chi connectivity index (χ1) is 12.9. The van der Waals surface area contributed by atoms with Crippen LogP contribution in [0.15, 0.2) is 70.9 Å². The first-order valence-electron chi connectivity index (χ1n) is 7.90. The van der Waals surface area contributed by atoms with Gasteiger partial charge in [0.15, 0.2) is 0 Å². The van der Waals surface area contributed by atoms with Crippen molar-refractivity contribution in [2.24, 2.45) is 10.2 Å². The van der Waals surface area contributed by atoms with Gasteiger partial charge >= 0.3 is 0 Å². The molecule has 2 heterocycles. The SMILES string of the molecule is c1ccc(Cn2nnnc2N=Nc2nnnn2Cc2ccccc2)cc1. The van der Waals surface area contributed by atoms with Gasteiger partial charge < -0.3 is 0 Å². The third kappa shape index (κ3) is 3.64. The van der Waals surface area contributed by atoms with Crippen LogP contribution in [-0.4, -0.2) is 40.4 Å². The number of hydrogen-bond acceptors (Lipinski definition) is 8. The summed E-state index contributed by atoms with van der Waals surface area (Å²) in [4.78, 5) is 0. The van der Waals surface area contributed by atoms with Crippen LogP contribution >= 0.6 is 0 Å². The fourth-order valence-electron chi connectivity index (χ4n) is 2.35. The van der Waals surface area contributed by atoms with Gasteiger partial charge in [0.05, 0.1) is 13.1 Å². The molecule has 4 rings (SSSR count). The molecule has 0 spiro atoms. The highest BCUT2D eigenvalue weighted by atomic mass is 15.6. The topological polar surface area (TPSA) is 112 Å². The van der Waals surface area contributed by atoms with E-state index in [1.54, 1.807) is 9.36 Å². The van der Waals surface area contributed by atoms with Gasteiger partial charge in [-0.15, -0.1) is 10.2 Å². The minimum Gasteiger partial charge on any atom is -0.204 e. The number of aromatic nitrogens is 8. The molecule has 0 radical (unpaired) electrons. The van der Waals surface area contributed by atoms with Gasteiger partial charge in [-0.3, -0.25) is 0 Å². The molecule has 2 aromatic heterocycles. The number of tetrazole rings is 2. The molecule has 0 aliphatic carbocycles. The molecule has 0 amide bonds. The number of azo groups is 1. The summed E-state index contributed by atoms with van der Waals surface area (Å²) in [6.45, 7) is 0.994. The van der Waals surface area contributed by atoms with E-state index in [9.17, 15) is 0 Å². The quantitative estimate of drug-likeness (QED) is 0.495. The highest BCUT2D eigenvalue weighted by Crippen LogP contribution is 2.14. The number of benzene rings is 2. The van der Waals surface area contributed by atoms with Crippen LogP contribution in [0.4, 0.5) is 11.9 Å². The van der Waals surface area contributed by atoms with Gasteiger partial charge in [0.1, 0.15) is 0 Å². The minimum absolute atomic E-state index is 0.281. The van der Waals surface area contributed by atoms with Crippen LogP contribution in [0.2, 0.25) is 0 Å². The molecule has 0 fully saturated rings. The second-order valence-corrected chi connectivity index (χ2v) is 5.44. The molecular formula is C16H14N10. The molecule has 0 aliphatic heterocycles. The Hall–Kier alpha value is -3.82. The molecule has 2 aromatic carbocycles. The molecule has 10 heteroatoms. The van der Waals surface area contributed by atoms with Crippen molar-refractivity contribution < 1.29 is 0 Å². The molecule has 128 valence electrons. The summed E-state index contributed by atoms with van der Waals surface area (Å²) in [7, 11) is 0. The predicted molar refractivity (Wildman–Crippen MR) is 90.9 cm³/mol. The van der Waals surface area contributed by atoms with Gasteiger partial charge in [-0.2, -0.15) is 0 Å². The van der Waals surface area contributed by atoms with Crippen LogP contribution in [-0.2, 0) is 13.1 Å². The van der Waals surface area contributed by atoms with Crippen molar-refractivity contribution in [2.45, 2.75) is 13.1 Å². The predicted octanol–water partition coefficient (Wildman–Crippen LogP) is 2.17. The van der Waals surface area contributed by atoms with Crippen molar-refractivity contribution in [2.75, 3.05) is 0 Å². The first kappa shape index (κ1) is 15.7. The second-order valence-electron chi connectivity index (χ2n) is 5.44. The minimum atomic E-state index is 0.281. The highest BCUT2D eigenvalue weighted by molar-refractivity contribution is 5.21. The maximum absolute atomic E-state index is 4.10. The summed E-state index contributed by atoms with van der Waals surface area (Å²) in [5.41, 5.74) is 2.12. The van der Waals surface area contributed by atoms with E-state index in [4.69, 9.17) is 0 Å². The van der Waals surface area contributed by atoms with Crippen LogP contribution < -0.4 is 0 Å². The van der Waals surface area contributed by atoms with Crippen molar-refractivity contribution in [3.63, 3.8) is 0 Å². The summed E-state index contributed by atoms with van der Waals surface area (Å²) >= 11 is 0. The lowest BCUT2D eigenvalue weighted by Crippen LogP contribution is -2.02. The Morgan fingerprint density at radius 1 is 0.615 bits per heavy atom. The molecule has 26 heavy (non-hydrogen) atoms. The van der Waals surface area contributed by atoms with Crippen LogP contribution in [0.25, 0.3) is 0 Å². The van der Waals surface area contributed by atoms with Gasteiger partial charge in [0.2, 0.25) is 0 Å².